The van der Waals surface area contributed by atoms with E-state index in [2.05, 4.69) is 29.6 Å². The van der Waals surface area contributed by atoms with E-state index in [0.717, 1.165) is 19.3 Å². The van der Waals surface area contributed by atoms with Gasteiger partial charge >= 0.3 is 6.09 Å². The van der Waals surface area contributed by atoms with Crippen LogP contribution >= 0.6 is 0 Å². The number of amides is 1. The molecule has 4 heteroatoms. The van der Waals surface area contributed by atoms with E-state index in [1.165, 1.54) is 22.3 Å². The van der Waals surface area contributed by atoms with Crippen molar-refractivity contribution in [1.29, 1.82) is 0 Å². The van der Waals surface area contributed by atoms with Crippen molar-refractivity contribution in [3.63, 3.8) is 0 Å². The quantitative estimate of drug-likeness (QED) is 0.895. The van der Waals surface area contributed by atoms with Gasteiger partial charge in [-0.15, -0.1) is 0 Å². The van der Waals surface area contributed by atoms with E-state index in [4.69, 9.17) is 4.74 Å². The maximum absolute atomic E-state index is 12.1. The largest absolute Gasteiger partial charge is 0.449 e. The molecule has 0 unspecified atom stereocenters. The summed E-state index contributed by atoms with van der Waals surface area (Å²) >= 11 is 0. The highest BCUT2D eigenvalue weighted by molar-refractivity contribution is 5.79. The molecule has 2 N–H and O–H groups in total. The predicted molar refractivity (Wildman–Crippen MR) is 96.4 cm³/mol. The minimum atomic E-state index is -0.402. The first-order chi connectivity index (χ1) is 12.2. The Bertz CT molecular complexity index is 728. The summed E-state index contributed by atoms with van der Waals surface area (Å²) in [6, 6.07) is 16.6. The number of rotatable bonds is 4. The third-order valence-electron chi connectivity index (χ3n) is 5.47. The summed E-state index contributed by atoms with van der Waals surface area (Å²) in [4.78, 5) is 12.1. The number of ether oxygens (including phenoxy) is 1. The lowest BCUT2D eigenvalue weighted by molar-refractivity contribution is 0.119. The maximum atomic E-state index is 12.1. The van der Waals surface area contributed by atoms with Gasteiger partial charge in [0.05, 0.1) is 6.10 Å². The molecule has 2 aliphatic carbocycles. The topological polar surface area (TPSA) is 58.6 Å². The van der Waals surface area contributed by atoms with Gasteiger partial charge in [-0.1, -0.05) is 55.0 Å². The molecule has 4 nitrogen and oxygen atoms in total. The van der Waals surface area contributed by atoms with Crippen LogP contribution in [0.4, 0.5) is 4.79 Å². The lowest BCUT2D eigenvalue weighted by atomic mass is 9.98. The molecule has 0 aromatic heterocycles. The van der Waals surface area contributed by atoms with Gasteiger partial charge in [-0.05, 0) is 35.1 Å². The minimum absolute atomic E-state index is 0.0789. The first-order valence-corrected chi connectivity index (χ1v) is 9.01. The fourth-order valence-electron chi connectivity index (χ4n) is 4.12. The van der Waals surface area contributed by atoms with E-state index in [-0.39, 0.29) is 17.9 Å². The second-order valence-corrected chi connectivity index (χ2v) is 6.96. The monoisotopic (exact) mass is 337 g/mol. The van der Waals surface area contributed by atoms with Crippen LogP contribution in [0.1, 0.15) is 36.3 Å². The second-order valence-electron chi connectivity index (χ2n) is 6.96. The van der Waals surface area contributed by atoms with Crippen LogP contribution in [0.5, 0.6) is 0 Å². The van der Waals surface area contributed by atoms with Crippen molar-refractivity contribution in [3.8, 4) is 11.1 Å². The van der Waals surface area contributed by atoms with Gasteiger partial charge in [-0.25, -0.2) is 4.79 Å². The van der Waals surface area contributed by atoms with Crippen LogP contribution in [0.3, 0.4) is 0 Å². The Hall–Kier alpha value is -2.33. The summed E-state index contributed by atoms with van der Waals surface area (Å²) in [6.45, 7) is 0.810. The number of fused-ring (bicyclic) bond motifs is 3. The summed E-state index contributed by atoms with van der Waals surface area (Å²) in [7, 11) is 0. The smallest absolute Gasteiger partial charge is 0.407 e. The van der Waals surface area contributed by atoms with E-state index in [1.807, 2.05) is 24.3 Å². The Morgan fingerprint density at radius 3 is 2.28 bits per heavy atom. The van der Waals surface area contributed by atoms with Crippen LogP contribution in [0, 0.1) is 5.92 Å². The standard InChI is InChI=1S/C21H23NO3/c23-20-11-5-6-14(20)12-22-21(24)25-13-19-17-9-3-1-7-15(17)16-8-2-4-10-18(16)19/h1-4,7-10,14,19-20,23H,5-6,11-13H2,(H,22,24)/t14-,20-/m0/s1. The van der Waals surface area contributed by atoms with Crippen LogP contribution in [0.25, 0.3) is 11.1 Å². The highest BCUT2D eigenvalue weighted by atomic mass is 16.5. The normalized spacial score (nSPS) is 21.6. The Morgan fingerprint density at radius 1 is 1.04 bits per heavy atom. The van der Waals surface area contributed by atoms with E-state index >= 15 is 0 Å². The number of hydrogen-bond donors (Lipinski definition) is 2. The molecule has 2 aromatic carbocycles. The van der Waals surface area contributed by atoms with Crippen molar-refractivity contribution < 1.29 is 14.6 Å². The average Bonchev–Trinajstić information content (AvgIpc) is 3.19. The highest BCUT2D eigenvalue weighted by Crippen LogP contribution is 2.44. The van der Waals surface area contributed by atoms with Crippen LogP contribution < -0.4 is 5.32 Å². The number of hydrogen-bond acceptors (Lipinski definition) is 3. The van der Waals surface area contributed by atoms with Gasteiger partial charge in [-0.2, -0.15) is 0 Å². The molecule has 1 amide bonds. The van der Waals surface area contributed by atoms with Crippen molar-refractivity contribution in [3.05, 3.63) is 59.7 Å². The number of alkyl carbamates (subject to hydrolysis) is 1. The van der Waals surface area contributed by atoms with Gasteiger partial charge in [0.1, 0.15) is 6.61 Å². The van der Waals surface area contributed by atoms with Crippen molar-refractivity contribution in [2.24, 2.45) is 5.92 Å². The molecule has 4 rings (SSSR count). The first kappa shape index (κ1) is 16.2. The summed E-state index contributed by atoms with van der Waals surface area (Å²) < 4.78 is 5.50. The molecule has 1 saturated carbocycles. The van der Waals surface area contributed by atoms with E-state index < -0.39 is 6.09 Å². The zero-order chi connectivity index (χ0) is 17.2. The Morgan fingerprint density at radius 2 is 1.68 bits per heavy atom. The molecule has 2 aromatic rings. The van der Waals surface area contributed by atoms with E-state index in [0.29, 0.717) is 13.2 Å². The molecule has 25 heavy (non-hydrogen) atoms. The summed E-state index contributed by atoms with van der Waals surface area (Å²) in [5.41, 5.74) is 4.87. The third kappa shape index (κ3) is 3.14. The van der Waals surface area contributed by atoms with Gasteiger partial charge < -0.3 is 15.2 Å². The summed E-state index contributed by atoms with van der Waals surface area (Å²) in [6.07, 6.45) is 2.12. The van der Waals surface area contributed by atoms with Gasteiger partial charge in [0.25, 0.3) is 0 Å². The van der Waals surface area contributed by atoms with E-state index in [1.54, 1.807) is 0 Å². The number of nitrogens with one attached hydrogen (secondary N) is 1. The highest BCUT2D eigenvalue weighted by Gasteiger charge is 2.29. The minimum Gasteiger partial charge on any atom is -0.449 e. The number of benzene rings is 2. The lowest BCUT2D eigenvalue weighted by Crippen LogP contribution is -2.33. The zero-order valence-corrected chi connectivity index (χ0v) is 14.2. The second kappa shape index (κ2) is 6.89. The van der Waals surface area contributed by atoms with Crippen molar-refractivity contribution in [1.82, 2.24) is 5.32 Å². The Balaban J connectivity index is 1.40. The molecule has 0 aliphatic heterocycles. The van der Waals surface area contributed by atoms with Crippen molar-refractivity contribution in [2.75, 3.05) is 13.2 Å². The van der Waals surface area contributed by atoms with Gasteiger partial charge in [0.15, 0.2) is 0 Å². The number of carbonyl (C=O) groups excluding carboxylic acids is 1. The van der Waals surface area contributed by atoms with Gasteiger partial charge in [0.2, 0.25) is 0 Å². The fourth-order valence-corrected chi connectivity index (χ4v) is 4.12. The average molecular weight is 337 g/mol. The predicted octanol–water partition coefficient (Wildman–Crippen LogP) is 3.69. The molecule has 0 heterocycles. The summed E-state index contributed by atoms with van der Waals surface area (Å²) in [5.74, 6) is 0.232. The molecule has 0 radical (unpaired) electrons. The lowest BCUT2D eigenvalue weighted by Gasteiger charge is -2.17. The molecule has 2 atom stereocenters. The maximum Gasteiger partial charge on any atom is 0.407 e. The van der Waals surface area contributed by atoms with E-state index in [9.17, 15) is 9.90 Å². The van der Waals surface area contributed by atoms with Crippen molar-refractivity contribution in [2.45, 2.75) is 31.3 Å². The molecule has 2 aliphatic rings. The molecular formula is C21H23NO3. The molecule has 0 saturated heterocycles. The molecule has 0 bridgehead atoms. The van der Waals surface area contributed by atoms with Gasteiger partial charge in [0, 0.05) is 18.4 Å². The molecule has 1 fully saturated rings. The van der Waals surface area contributed by atoms with Crippen LogP contribution in [0.2, 0.25) is 0 Å². The van der Waals surface area contributed by atoms with Crippen LogP contribution in [-0.4, -0.2) is 30.5 Å². The molecular weight excluding hydrogens is 314 g/mol. The Kier molecular flexibility index (Phi) is 4.45. The van der Waals surface area contributed by atoms with Crippen molar-refractivity contribution >= 4 is 6.09 Å². The molecule has 0 spiro atoms. The van der Waals surface area contributed by atoms with Gasteiger partial charge in [-0.3, -0.25) is 0 Å². The number of carbonyl (C=O) groups is 1. The van der Waals surface area contributed by atoms with Crippen LogP contribution in [0.15, 0.2) is 48.5 Å². The number of aliphatic hydroxyl groups is 1. The summed E-state index contributed by atoms with van der Waals surface area (Å²) in [5, 5.41) is 12.6. The third-order valence-corrected chi connectivity index (χ3v) is 5.47. The fraction of sp³-hybridized carbons (Fsp3) is 0.381. The van der Waals surface area contributed by atoms with Crippen LogP contribution in [-0.2, 0) is 4.74 Å². The Labute approximate surface area is 147 Å². The zero-order valence-electron chi connectivity index (χ0n) is 14.2. The first-order valence-electron chi connectivity index (χ1n) is 9.01. The molecule has 130 valence electrons. The SMILES string of the molecule is O=C(NC[C@@H]1CCC[C@@H]1O)OCC1c2ccccc2-c2ccccc21. The number of aliphatic hydroxyl groups excluding tert-OH is 1.